The number of carboxylic acids is 1. The van der Waals surface area contributed by atoms with Crippen molar-refractivity contribution in [2.45, 2.75) is 25.3 Å². The number of rotatable bonds is 6. The fraction of sp³-hybridized carbons (Fsp3) is 0.333. The van der Waals surface area contributed by atoms with E-state index in [9.17, 15) is 9.59 Å². The predicted octanol–water partition coefficient (Wildman–Crippen LogP) is 1.75. The lowest BCUT2D eigenvalue weighted by Gasteiger charge is -2.19. The maximum atomic E-state index is 12.1. The van der Waals surface area contributed by atoms with Crippen LogP contribution < -0.4 is 5.73 Å². The summed E-state index contributed by atoms with van der Waals surface area (Å²) in [6, 6.07) is 7.41. The van der Waals surface area contributed by atoms with Crippen LogP contribution in [0.5, 0.6) is 0 Å². The summed E-state index contributed by atoms with van der Waals surface area (Å²) >= 11 is 0. The third-order valence-corrected chi connectivity index (χ3v) is 3.19. The van der Waals surface area contributed by atoms with Gasteiger partial charge in [0.1, 0.15) is 0 Å². The quantitative estimate of drug-likeness (QED) is 0.611. The van der Waals surface area contributed by atoms with Gasteiger partial charge in [0.2, 0.25) is 5.91 Å². The molecule has 0 aromatic heterocycles. The first-order chi connectivity index (χ1) is 9.56. The number of aliphatic carboxylic acids is 1. The van der Waals surface area contributed by atoms with Crippen molar-refractivity contribution in [2.24, 2.45) is 0 Å². The molecule has 106 valence electrons. The van der Waals surface area contributed by atoms with E-state index >= 15 is 0 Å². The van der Waals surface area contributed by atoms with Crippen molar-refractivity contribution >= 4 is 23.6 Å². The normalized spacial score (nSPS) is 14.4. The van der Waals surface area contributed by atoms with E-state index in [0.717, 1.165) is 18.4 Å². The van der Waals surface area contributed by atoms with E-state index in [1.54, 1.807) is 23.1 Å². The van der Waals surface area contributed by atoms with Crippen molar-refractivity contribution in [2.75, 3.05) is 12.3 Å². The molecule has 1 aromatic rings. The zero-order valence-corrected chi connectivity index (χ0v) is 11.2. The van der Waals surface area contributed by atoms with Crippen LogP contribution in [-0.4, -0.2) is 34.5 Å². The average Bonchev–Trinajstić information content (AvgIpc) is 3.22. The van der Waals surface area contributed by atoms with Crippen LogP contribution in [0.15, 0.2) is 30.3 Å². The Kier molecular flexibility index (Phi) is 4.40. The summed E-state index contributed by atoms with van der Waals surface area (Å²) in [6.45, 7) is 0.269. The summed E-state index contributed by atoms with van der Waals surface area (Å²) in [5.74, 6) is -1.02. The summed E-state index contributed by atoms with van der Waals surface area (Å²) in [5, 5.41) is 8.71. The first-order valence-electron chi connectivity index (χ1n) is 6.62. The highest BCUT2D eigenvalue weighted by Crippen LogP contribution is 2.27. The van der Waals surface area contributed by atoms with Gasteiger partial charge in [-0.15, -0.1) is 0 Å². The third kappa shape index (κ3) is 4.12. The Morgan fingerprint density at radius 1 is 1.30 bits per heavy atom. The van der Waals surface area contributed by atoms with Gasteiger partial charge in [-0.25, -0.2) is 0 Å². The topological polar surface area (TPSA) is 83.6 Å². The molecule has 1 aromatic carbocycles. The van der Waals surface area contributed by atoms with Crippen LogP contribution in [0.2, 0.25) is 0 Å². The Bertz CT molecular complexity index is 518. The van der Waals surface area contributed by atoms with E-state index in [0.29, 0.717) is 5.69 Å². The van der Waals surface area contributed by atoms with Gasteiger partial charge in [-0.1, -0.05) is 12.1 Å². The van der Waals surface area contributed by atoms with Crippen molar-refractivity contribution in [3.63, 3.8) is 0 Å². The lowest BCUT2D eigenvalue weighted by atomic mass is 10.2. The fourth-order valence-electron chi connectivity index (χ4n) is 1.95. The van der Waals surface area contributed by atoms with Gasteiger partial charge in [0, 0.05) is 24.4 Å². The van der Waals surface area contributed by atoms with Crippen LogP contribution in [0, 0.1) is 0 Å². The Labute approximate surface area is 117 Å². The summed E-state index contributed by atoms with van der Waals surface area (Å²) in [6.07, 6.45) is 5.11. The molecule has 5 nitrogen and oxygen atoms in total. The first-order valence-corrected chi connectivity index (χ1v) is 6.62. The monoisotopic (exact) mass is 274 g/mol. The number of carbonyl (C=O) groups excluding carboxylic acids is 1. The SMILES string of the molecule is Nc1ccc(/C=C/C(=O)N(CCC(=O)O)C2CC2)cc1. The molecule has 1 saturated carbocycles. The Balaban J connectivity index is 1.97. The largest absolute Gasteiger partial charge is 0.481 e. The zero-order valence-electron chi connectivity index (χ0n) is 11.2. The second-order valence-electron chi connectivity index (χ2n) is 4.91. The minimum atomic E-state index is -0.883. The maximum Gasteiger partial charge on any atom is 0.305 e. The van der Waals surface area contributed by atoms with Gasteiger partial charge in [0.15, 0.2) is 0 Å². The smallest absolute Gasteiger partial charge is 0.305 e. The molecule has 20 heavy (non-hydrogen) atoms. The van der Waals surface area contributed by atoms with Gasteiger partial charge < -0.3 is 15.7 Å². The Hall–Kier alpha value is -2.30. The van der Waals surface area contributed by atoms with Gasteiger partial charge in [0.25, 0.3) is 0 Å². The molecule has 5 heteroatoms. The number of benzene rings is 1. The second-order valence-corrected chi connectivity index (χ2v) is 4.91. The van der Waals surface area contributed by atoms with Crippen LogP contribution in [0.3, 0.4) is 0 Å². The highest BCUT2D eigenvalue weighted by molar-refractivity contribution is 5.92. The number of nitrogens with zero attached hydrogens (tertiary/aromatic N) is 1. The molecule has 0 aliphatic heterocycles. The van der Waals surface area contributed by atoms with E-state index in [1.807, 2.05) is 12.1 Å². The van der Waals surface area contributed by atoms with Gasteiger partial charge in [-0.2, -0.15) is 0 Å². The standard InChI is InChI=1S/C15H18N2O3/c16-12-4-1-11(2-5-12)3-8-14(18)17(13-6-7-13)10-9-15(19)20/h1-5,8,13H,6-7,9-10,16H2,(H,19,20)/b8-3+. The number of carbonyl (C=O) groups is 2. The first kappa shape index (κ1) is 14.1. The molecule has 0 radical (unpaired) electrons. The highest BCUT2D eigenvalue weighted by Gasteiger charge is 2.31. The average molecular weight is 274 g/mol. The van der Waals surface area contributed by atoms with Crippen LogP contribution >= 0.6 is 0 Å². The molecular weight excluding hydrogens is 256 g/mol. The second kappa shape index (κ2) is 6.23. The summed E-state index contributed by atoms with van der Waals surface area (Å²) in [5.41, 5.74) is 7.16. The van der Waals surface area contributed by atoms with E-state index < -0.39 is 5.97 Å². The lowest BCUT2D eigenvalue weighted by molar-refractivity contribution is -0.138. The fourth-order valence-corrected chi connectivity index (χ4v) is 1.95. The van der Waals surface area contributed by atoms with Gasteiger partial charge in [-0.3, -0.25) is 9.59 Å². The molecule has 1 aliphatic carbocycles. The number of amides is 1. The molecule has 0 bridgehead atoms. The van der Waals surface area contributed by atoms with Crippen molar-refractivity contribution in [3.8, 4) is 0 Å². The van der Waals surface area contributed by atoms with Crippen LogP contribution in [0.1, 0.15) is 24.8 Å². The number of anilines is 1. The minimum absolute atomic E-state index is 0.0159. The zero-order chi connectivity index (χ0) is 14.5. The van der Waals surface area contributed by atoms with Gasteiger partial charge in [-0.05, 0) is 36.6 Å². The summed E-state index contributed by atoms with van der Waals surface area (Å²) in [4.78, 5) is 24.4. The van der Waals surface area contributed by atoms with Crippen LogP contribution in [-0.2, 0) is 9.59 Å². The molecule has 1 fully saturated rings. The van der Waals surface area contributed by atoms with E-state index in [1.165, 1.54) is 6.08 Å². The number of nitrogens with two attached hydrogens (primary N) is 1. The predicted molar refractivity (Wildman–Crippen MR) is 76.9 cm³/mol. The summed E-state index contributed by atoms with van der Waals surface area (Å²) in [7, 11) is 0. The highest BCUT2D eigenvalue weighted by atomic mass is 16.4. The molecule has 2 rings (SSSR count). The molecule has 0 spiro atoms. The molecular formula is C15H18N2O3. The third-order valence-electron chi connectivity index (χ3n) is 3.19. The lowest BCUT2D eigenvalue weighted by Crippen LogP contribution is -2.33. The number of hydrogen-bond donors (Lipinski definition) is 2. The van der Waals surface area contributed by atoms with Crippen molar-refractivity contribution in [3.05, 3.63) is 35.9 Å². The number of nitrogen functional groups attached to an aromatic ring is 1. The van der Waals surface area contributed by atoms with E-state index in [4.69, 9.17) is 10.8 Å². The Morgan fingerprint density at radius 2 is 1.95 bits per heavy atom. The molecule has 3 N–H and O–H groups in total. The Morgan fingerprint density at radius 3 is 2.50 bits per heavy atom. The molecule has 1 amide bonds. The van der Waals surface area contributed by atoms with E-state index in [2.05, 4.69) is 0 Å². The van der Waals surface area contributed by atoms with E-state index in [-0.39, 0.29) is 24.9 Å². The van der Waals surface area contributed by atoms with Crippen molar-refractivity contribution < 1.29 is 14.7 Å². The van der Waals surface area contributed by atoms with Crippen LogP contribution in [0.25, 0.3) is 6.08 Å². The van der Waals surface area contributed by atoms with Crippen LogP contribution in [0.4, 0.5) is 5.69 Å². The summed E-state index contributed by atoms with van der Waals surface area (Å²) < 4.78 is 0. The van der Waals surface area contributed by atoms with Gasteiger partial charge in [0.05, 0.1) is 6.42 Å². The molecule has 1 aliphatic rings. The minimum Gasteiger partial charge on any atom is -0.481 e. The molecule has 0 atom stereocenters. The van der Waals surface area contributed by atoms with Gasteiger partial charge >= 0.3 is 5.97 Å². The van der Waals surface area contributed by atoms with Crippen molar-refractivity contribution in [1.29, 1.82) is 0 Å². The van der Waals surface area contributed by atoms with Crippen molar-refractivity contribution in [1.82, 2.24) is 4.90 Å². The number of carboxylic acid groups (broad SMARTS) is 1. The number of hydrogen-bond acceptors (Lipinski definition) is 3. The molecule has 0 unspecified atom stereocenters. The maximum absolute atomic E-state index is 12.1. The molecule has 0 heterocycles. The molecule has 0 saturated heterocycles.